The Hall–Kier alpha value is -2.11. The summed E-state index contributed by atoms with van der Waals surface area (Å²) in [4.78, 5) is 38.2. The van der Waals surface area contributed by atoms with Gasteiger partial charge in [0.2, 0.25) is 0 Å². The molecule has 70 heavy (non-hydrogen) atoms. The lowest BCUT2D eigenvalue weighted by molar-refractivity contribution is -0.167. The Balaban J connectivity index is 4.14. The molecule has 6 nitrogen and oxygen atoms in total. The zero-order valence-corrected chi connectivity index (χ0v) is 47.3. The largest absolute Gasteiger partial charge is 0.462 e. The summed E-state index contributed by atoms with van der Waals surface area (Å²) in [5, 5.41) is 0. The van der Waals surface area contributed by atoms with Crippen molar-refractivity contribution in [1.29, 1.82) is 0 Å². The van der Waals surface area contributed by atoms with E-state index >= 15 is 0 Å². The van der Waals surface area contributed by atoms with Gasteiger partial charge >= 0.3 is 17.9 Å². The molecule has 0 aliphatic carbocycles. The number of hydrogen-bond donors (Lipinski definition) is 0. The van der Waals surface area contributed by atoms with Gasteiger partial charge in [0.1, 0.15) is 13.2 Å². The monoisotopic (exact) mass is 985 g/mol. The van der Waals surface area contributed by atoms with Gasteiger partial charge in [-0.2, -0.15) is 0 Å². The van der Waals surface area contributed by atoms with Crippen molar-refractivity contribution in [3.63, 3.8) is 0 Å². The van der Waals surface area contributed by atoms with Gasteiger partial charge < -0.3 is 14.2 Å². The summed E-state index contributed by atoms with van der Waals surface area (Å²) in [5.74, 6) is -0.841. The van der Waals surface area contributed by atoms with E-state index in [4.69, 9.17) is 14.2 Å². The molecule has 0 heterocycles. The predicted molar refractivity (Wildman–Crippen MR) is 303 cm³/mol. The van der Waals surface area contributed by atoms with Crippen LogP contribution in [-0.2, 0) is 28.6 Å². The first-order valence-corrected chi connectivity index (χ1v) is 31.3. The van der Waals surface area contributed by atoms with E-state index in [1.165, 1.54) is 244 Å². The van der Waals surface area contributed by atoms with Gasteiger partial charge in [0.05, 0.1) is 0 Å². The molecule has 0 saturated carbocycles. The van der Waals surface area contributed by atoms with Crippen molar-refractivity contribution < 1.29 is 28.6 Å². The molecule has 0 fully saturated rings. The topological polar surface area (TPSA) is 78.9 Å². The standard InChI is InChI=1S/C64H120O6/c1-4-7-10-13-16-19-22-25-26-27-28-29-30-31-32-33-34-35-36-37-38-40-42-45-48-51-54-57-63(66)69-60-61(59-68-62(65)56-53-50-47-44-41-24-21-18-15-12-9-6-3)70-64(67)58-55-52-49-46-43-39-23-20-17-14-11-8-5-2/h22,25,27-28,61H,4-21,23-24,26,29-60H2,1-3H3/b25-22-,28-27-. The van der Waals surface area contributed by atoms with Crippen LogP contribution >= 0.6 is 0 Å². The number of rotatable bonds is 58. The Morgan fingerprint density at radius 1 is 0.286 bits per heavy atom. The second kappa shape index (κ2) is 59.5. The number of ether oxygens (including phenoxy) is 3. The smallest absolute Gasteiger partial charge is 0.306 e. The van der Waals surface area contributed by atoms with E-state index in [9.17, 15) is 14.4 Å². The Morgan fingerprint density at radius 3 is 0.786 bits per heavy atom. The third kappa shape index (κ3) is 56.8. The molecule has 0 bridgehead atoms. The van der Waals surface area contributed by atoms with Gasteiger partial charge in [-0.15, -0.1) is 0 Å². The molecule has 0 rings (SSSR count). The Kier molecular flexibility index (Phi) is 57.7. The normalized spacial score (nSPS) is 12.1. The second-order valence-corrected chi connectivity index (χ2v) is 21.3. The highest BCUT2D eigenvalue weighted by Gasteiger charge is 2.19. The van der Waals surface area contributed by atoms with Gasteiger partial charge in [-0.3, -0.25) is 14.4 Å². The summed E-state index contributed by atoms with van der Waals surface area (Å²) < 4.78 is 16.9. The van der Waals surface area contributed by atoms with Crippen molar-refractivity contribution in [1.82, 2.24) is 0 Å². The van der Waals surface area contributed by atoms with Crippen LogP contribution in [0.1, 0.15) is 348 Å². The van der Waals surface area contributed by atoms with E-state index in [1.54, 1.807) is 0 Å². The lowest BCUT2D eigenvalue weighted by Crippen LogP contribution is -2.30. The maximum absolute atomic E-state index is 12.8. The van der Waals surface area contributed by atoms with E-state index in [-0.39, 0.29) is 31.1 Å². The van der Waals surface area contributed by atoms with Crippen molar-refractivity contribution in [2.75, 3.05) is 13.2 Å². The van der Waals surface area contributed by atoms with Crippen LogP contribution in [0.5, 0.6) is 0 Å². The number of unbranched alkanes of at least 4 members (excludes halogenated alkanes) is 43. The van der Waals surface area contributed by atoms with Gasteiger partial charge in [0.15, 0.2) is 6.10 Å². The number of esters is 3. The summed E-state index contributed by atoms with van der Waals surface area (Å²) in [6, 6.07) is 0. The minimum atomic E-state index is -0.765. The minimum Gasteiger partial charge on any atom is -0.462 e. The van der Waals surface area contributed by atoms with Crippen LogP contribution in [0.3, 0.4) is 0 Å². The molecule has 0 amide bonds. The minimum absolute atomic E-state index is 0.0645. The summed E-state index contributed by atoms with van der Waals surface area (Å²) >= 11 is 0. The Labute approximate surface area is 436 Å². The van der Waals surface area contributed by atoms with Gasteiger partial charge in [0, 0.05) is 19.3 Å². The average molecular weight is 986 g/mol. The van der Waals surface area contributed by atoms with E-state index in [2.05, 4.69) is 45.1 Å². The van der Waals surface area contributed by atoms with Crippen molar-refractivity contribution in [2.24, 2.45) is 0 Å². The highest BCUT2D eigenvalue weighted by Crippen LogP contribution is 2.17. The van der Waals surface area contributed by atoms with Gasteiger partial charge in [-0.1, -0.05) is 302 Å². The maximum atomic E-state index is 12.8. The average Bonchev–Trinajstić information content (AvgIpc) is 3.36. The van der Waals surface area contributed by atoms with Crippen LogP contribution in [-0.4, -0.2) is 37.2 Å². The van der Waals surface area contributed by atoms with Crippen LogP contribution in [0.4, 0.5) is 0 Å². The third-order valence-corrected chi connectivity index (χ3v) is 14.2. The first-order chi connectivity index (χ1) is 34.5. The van der Waals surface area contributed by atoms with Gasteiger partial charge in [0.25, 0.3) is 0 Å². The molecule has 0 spiro atoms. The molecule has 412 valence electrons. The fourth-order valence-corrected chi connectivity index (χ4v) is 9.48. The molecule has 6 heteroatoms. The van der Waals surface area contributed by atoms with E-state index < -0.39 is 6.10 Å². The van der Waals surface area contributed by atoms with Gasteiger partial charge in [-0.25, -0.2) is 0 Å². The van der Waals surface area contributed by atoms with Crippen molar-refractivity contribution in [3.05, 3.63) is 24.3 Å². The molecule has 1 unspecified atom stereocenters. The predicted octanol–water partition coefficient (Wildman–Crippen LogP) is 21.1. The highest BCUT2D eigenvalue weighted by molar-refractivity contribution is 5.71. The van der Waals surface area contributed by atoms with Crippen LogP contribution in [0, 0.1) is 0 Å². The lowest BCUT2D eigenvalue weighted by atomic mass is 10.0. The number of carbonyl (C=O) groups excluding carboxylic acids is 3. The summed E-state index contributed by atoms with van der Waals surface area (Å²) in [6.45, 7) is 6.68. The van der Waals surface area contributed by atoms with Crippen molar-refractivity contribution in [2.45, 2.75) is 354 Å². The van der Waals surface area contributed by atoms with Crippen LogP contribution in [0.15, 0.2) is 24.3 Å². The first kappa shape index (κ1) is 67.9. The molecule has 0 radical (unpaired) electrons. The molecule has 0 aliphatic heterocycles. The van der Waals surface area contributed by atoms with E-state index in [0.717, 1.165) is 64.2 Å². The van der Waals surface area contributed by atoms with Gasteiger partial charge in [-0.05, 0) is 51.4 Å². The first-order valence-electron chi connectivity index (χ1n) is 31.3. The maximum Gasteiger partial charge on any atom is 0.306 e. The molecule has 0 aromatic rings. The van der Waals surface area contributed by atoms with Crippen LogP contribution in [0.2, 0.25) is 0 Å². The quantitative estimate of drug-likeness (QED) is 0.0261. The molecule has 0 N–H and O–H groups in total. The molecule has 0 aromatic heterocycles. The molecule has 0 saturated heterocycles. The van der Waals surface area contributed by atoms with E-state index in [0.29, 0.717) is 19.3 Å². The number of hydrogen-bond acceptors (Lipinski definition) is 6. The second-order valence-electron chi connectivity index (χ2n) is 21.3. The zero-order chi connectivity index (χ0) is 50.7. The molecule has 1 atom stereocenters. The molecular formula is C64H120O6. The van der Waals surface area contributed by atoms with Crippen molar-refractivity contribution in [3.8, 4) is 0 Å². The molecule has 0 aliphatic rings. The number of allylic oxidation sites excluding steroid dienone is 4. The number of carbonyl (C=O) groups is 3. The lowest BCUT2D eigenvalue weighted by Gasteiger charge is -2.18. The summed E-state index contributed by atoms with van der Waals surface area (Å²) in [6.07, 6.45) is 70.4. The fraction of sp³-hybridized carbons (Fsp3) is 0.891. The Morgan fingerprint density at radius 2 is 0.514 bits per heavy atom. The Bertz CT molecular complexity index is 1130. The SMILES string of the molecule is CCCCCCC/C=C\C/C=C\CCCCCCCCCCCCCCCCCC(=O)OCC(COC(=O)CCCCCCCCCCCCCC)OC(=O)CCCCCCCCCCCCCCC. The van der Waals surface area contributed by atoms with Crippen molar-refractivity contribution >= 4 is 17.9 Å². The summed E-state index contributed by atoms with van der Waals surface area (Å²) in [5.41, 5.74) is 0. The fourth-order valence-electron chi connectivity index (χ4n) is 9.48. The van der Waals surface area contributed by atoms with Crippen LogP contribution < -0.4 is 0 Å². The van der Waals surface area contributed by atoms with E-state index in [1.807, 2.05) is 0 Å². The molecule has 0 aromatic carbocycles. The third-order valence-electron chi connectivity index (χ3n) is 14.2. The highest BCUT2D eigenvalue weighted by atomic mass is 16.6. The molecular weight excluding hydrogens is 865 g/mol. The zero-order valence-electron chi connectivity index (χ0n) is 47.3. The van der Waals surface area contributed by atoms with Crippen LogP contribution in [0.25, 0.3) is 0 Å². The summed E-state index contributed by atoms with van der Waals surface area (Å²) in [7, 11) is 0.